The van der Waals surface area contributed by atoms with Crippen molar-refractivity contribution in [2.24, 2.45) is 0 Å². The van der Waals surface area contributed by atoms with E-state index < -0.39 is 9.84 Å². The molecule has 0 spiro atoms. The van der Waals surface area contributed by atoms with Gasteiger partial charge >= 0.3 is 0 Å². The standard InChI is InChI=1S/C15H17N3O3S/c19-15(11-18-5-7-22(20,21)8-6-18)17-13-9-12-3-1-2-4-14(12)16-10-13/h1-4,9-10H,5-8,11H2,(H,17,19). The SMILES string of the molecule is O=C(CN1CCS(=O)(=O)CC1)Nc1cnc2ccccc2c1. The van der Waals surface area contributed by atoms with E-state index in [2.05, 4.69) is 10.3 Å². The average Bonchev–Trinajstić information content (AvgIpc) is 2.49. The van der Waals surface area contributed by atoms with Crippen LogP contribution in [0, 0.1) is 0 Å². The van der Waals surface area contributed by atoms with Crippen molar-refractivity contribution >= 4 is 32.3 Å². The van der Waals surface area contributed by atoms with Crippen LogP contribution in [0.25, 0.3) is 10.9 Å². The molecule has 1 aromatic heterocycles. The summed E-state index contributed by atoms with van der Waals surface area (Å²) in [6, 6.07) is 9.56. The predicted molar refractivity (Wildman–Crippen MR) is 85.5 cm³/mol. The molecule has 1 amide bonds. The maximum Gasteiger partial charge on any atom is 0.238 e. The topological polar surface area (TPSA) is 79.4 Å². The van der Waals surface area contributed by atoms with Gasteiger partial charge in [0.2, 0.25) is 5.91 Å². The summed E-state index contributed by atoms with van der Waals surface area (Å²) >= 11 is 0. The van der Waals surface area contributed by atoms with Gasteiger partial charge in [-0.15, -0.1) is 0 Å². The molecule has 1 fully saturated rings. The quantitative estimate of drug-likeness (QED) is 0.909. The van der Waals surface area contributed by atoms with Gasteiger partial charge in [0.15, 0.2) is 9.84 Å². The van der Waals surface area contributed by atoms with E-state index in [1.54, 1.807) is 6.20 Å². The minimum atomic E-state index is -2.92. The molecule has 1 aliphatic heterocycles. The van der Waals surface area contributed by atoms with Gasteiger partial charge in [-0.25, -0.2) is 8.42 Å². The number of benzene rings is 1. The predicted octanol–water partition coefficient (Wildman–Crippen LogP) is 0.904. The van der Waals surface area contributed by atoms with E-state index in [0.29, 0.717) is 18.8 Å². The second kappa shape index (κ2) is 6.02. The van der Waals surface area contributed by atoms with E-state index >= 15 is 0 Å². The fraction of sp³-hybridized carbons (Fsp3) is 0.333. The first-order chi connectivity index (χ1) is 10.5. The number of carbonyl (C=O) groups excluding carboxylic acids is 1. The van der Waals surface area contributed by atoms with Gasteiger partial charge in [0.05, 0.1) is 35.5 Å². The second-order valence-electron chi connectivity index (χ2n) is 5.39. The van der Waals surface area contributed by atoms with Gasteiger partial charge in [-0.05, 0) is 12.1 Å². The molecule has 7 heteroatoms. The molecule has 0 saturated carbocycles. The molecule has 1 aliphatic rings. The summed E-state index contributed by atoms with van der Waals surface area (Å²) in [7, 11) is -2.92. The Morgan fingerprint density at radius 1 is 1.23 bits per heavy atom. The number of pyridine rings is 1. The van der Waals surface area contributed by atoms with Crippen molar-refractivity contribution in [2.75, 3.05) is 36.5 Å². The van der Waals surface area contributed by atoms with Crippen molar-refractivity contribution in [1.82, 2.24) is 9.88 Å². The third-order valence-electron chi connectivity index (χ3n) is 3.68. The molecule has 2 aromatic rings. The van der Waals surface area contributed by atoms with Crippen LogP contribution in [-0.4, -0.2) is 55.3 Å². The molecule has 1 saturated heterocycles. The van der Waals surface area contributed by atoms with Gasteiger partial charge in [-0.2, -0.15) is 0 Å². The number of aromatic nitrogens is 1. The summed E-state index contributed by atoms with van der Waals surface area (Å²) in [4.78, 5) is 18.2. The van der Waals surface area contributed by atoms with Crippen LogP contribution in [0.2, 0.25) is 0 Å². The number of sulfone groups is 1. The first-order valence-corrected chi connectivity index (χ1v) is 8.91. The molecular weight excluding hydrogens is 302 g/mol. The highest BCUT2D eigenvalue weighted by Crippen LogP contribution is 2.16. The van der Waals surface area contributed by atoms with Gasteiger partial charge in [0, 0.05) is 18.5 Å². The lowest BCUT2D eigenvalue weighted by Gasteiger charge is -2.25. The fourth-order valence-electron chi connectivity index (χ4n) is 2.45. The molecule has 0 unspecified atom stereocenters. The van der Waals surface area contributed by atoms with Crippen molar-refractivity contribution in [1.29, 1.82) is 0 Å². The molecule has 1 N–H and O–H groups in total. The number of carbonyl (C=O) groups is 1. The van der Waals surface area contributed by atoms with E-state index in [0.717, 1.165) is 10.9 Å². The van der Waals surface area contributed by atoms with Crippen LogP contribution in [0.15, 0.2) is 36.5 Å². The van der Waals surface area contributed by atoms with Crippen LogP contribution in [0.3, 0.4) is 0 Å². The molecule has 116 valence electrons. The van der Waals surface area contributed by atoms with Gasteiger partial charge in [-0.1, -0.05) is 18.2 Å². The number of anilines is 1. The van der Waals surface area contributed by atoms with Crippen LogP contribution in [0.1, 0.15) is 0 Å². The maximum atomic E-state index is 12.0. The maximum absolute atomic E-state index is 12.0. The summed E-state index contributed by atoms with van der Waals surface area (Å²) in [6.07, 6.45) is 1.63. The van der Waals surface area contributed by atoms with Crippen molar-refractivity contribution in [3.8, 4) is 0 Å². The Labute approximate surface area is 129 Å². The molecule has 6 nitrogen and oxygen atoms in total. The van der Waals surface area contributed by atoms with Crippen LogP contribution in [-0.2, 0) is 14.6 Å². The van der Waals surface area contributed by atoms with E-state index in [1.165, 1.54) is 0 Å². The second-order valence-corrected chi connectivity index (χ2v) is 7.70. The lowest BCUT2D eigenvalue weighted by molar-refractivity contribution is -0.117. The summed E-state index contributed by atoms with van der Waals surface area (Å²) < 4.78 is 22.7. The molecule has 2 heterocycles. The lowest BCUT2D eigenvalue weighted by atomic mass is 10.2. The number of nitrogens with zero attached hydrogens (tertiary/aromatic N) is 2. The fourth-order valence-corrected chi connectivity index (χ4v) is 3.73. The number of nitrogens with one attached hydrogen (secondary N) is 1. The molecule has 22 heavy (non-hydrogen) atoms. The normalized spacial score (nSPS) is 18.2. The molecular formula is C15H17N3O3S. The van der Waals surface area contributed by atoms with Gasteiger partial charge in [0.25, 0.3) is 0 Å². The highest BCUT2D eigenvalue weighted by molar-refractivity contribution is 7.91. The van der Waals surface area contributed by atoms with E-state index in [4.69, 9.17) is 0 Å². The molecule has 0 atom stereocenters. The van der Waals surface area contributed by atoms with Crippen molar-refractivity contribution in [3.05, 3.63) is 36.5 Å². The molecule has 0 bridgehead atoms. The summed E-state index contributed by atoms with van der Waals surface area (Å²) in [5.41, 5.74) is 1.52. The number of para-hydroxylation sites is 1. The Hall–Kier alpha value is -1.99. The Morgan fingerprint density at radius 3 is 2.73 bits per heavy atom. The van der Waals surface area contributed by atoms with Crippen LogP contribution >= 0.6 is 0 Å². The Morgan fingerprint density at radius 2 is 1.95 bits per heavy atom. The summed E-state index contributed by atoms with van der Waals surface area (Å²) in [6.45, 7) is 1.01. The highest BCUT2D eigenvalue weighted by Gasteiger charge is 2.22. The molecule has 0 aliphatic carbocycles. The minimum absolute atomic E-state index is 0.123. The Balaban J connectivity index is 1.61. The van der Waals surface area contributed by atoms with Gasteiger partial charge in [-0.3, -0.25) is 14.7 Å². The number of amides is 1. The van der Waals surface area contributed by atoms with E-state index in [-0.39, 0.29) is 24.0 Å². The van der Waals surface area contributed by atoms with Gasteiger partial charge in [0.1, 0.15) is 0 Å². The first kappa shape index (κ1) is 14.9. The van der Waals surface area contributed by atoms with Crippen molar-refractivity contribution in [3.63, 3.8) is 0 Å². The summed E-state index contributed by atoms with van der Waals surface area (Å²) in [5, 5.41) is 3.77. The monoisotopic (exact) mass is 319 g/mol. The van der Waals surface area contributed by atoms with Crippen LogP contribution in [0.4, 0.5) is 5.69 Å². The van der Waals surface area contributed by atoms with E-state index in [9.17, 15) is 13.2 Å². The Kier molecular flexibility index (Phi) is 4.08. The van der Waals surface area contributed by atoms with Crippen molar-refractivity contribution in [2.45, 2.75) is 0 Å². The lowest BCUT2D eigenvalue weighted by Crippen LogP contribution is -2.43. The number of fused-ring (bicyclic) bond motifs is 1. The first-order valence-electron chi connectivity index (χ1n) is 7.09. The number of hydrogen-bond donors (Lipinski definition) is 1. The smallest absolute Gasteiger partial charge is 0.238 e. The zero-order valence-electron chi connectivity index (χ0n) is 12.0. The molecule has 1 aromatic carbocycles. The van der Waals surface area contributed by atoms with Crippen molar-refractivity contribution < 1.29 is 13.2 Å². The zero-order valence-corrected chi connectivity index (χ0v) is 12.8. The zero-order chi connectivity index (χ0) is 15.6. The molecule has 3 rings (SSSR count). The Bertz CT molecular complexity index is 791. The number of rotatable bonds is 3. The number of hydrogen-bond acceptors (Lipinski definition) is 5. The van der Waals surface area contributed by atoms with Crippen LogP contribution in [0.5, 0.6) is 0 Å². The minimum Gasteiger partial charge on any atom is -0.324 e. The average molecular weight is 319 g/mol. The van der Waals surface area contributed by atoms with Crippen LogP contribution < -0.4 is 5.32 Å². The van der Waals surface area contributed by atoms with E-state index in [1.807, 2.05) is 35.2 Å². The largest absolute Gasteiger partial charge is 0.324 e. The third-order valence-corrected chi connectivity index (χ3v) is 5.29. The summed E-state index contributed by atoms with van der Waals surface area (Å²) in [5.74, 6) is 0.0895. The molecule has 0 radical (unpaired) electrons. The van der Waals surface area contributed by atoms with Gasteiger partial charge < -0.3 is 5.32 Å². The third kappa shape index (κ3) is 3.61. The highest BCUT2D eigenvalue weighted by atomic mass is 32.2.